The highest BCUT2D eigenvalue weighted by atomic mass is 16.5. The molecule has 2 amide bonds. The van der Waals surface area contributed by atoms with Gasteiger partial charge in [0.25, 0.3) is 11.8 Å². The van der Waals surface area contributed by atoms with Crippen LogP contribution in [0.15, 0.2) is 84.4 Å². The minimum absolute atomic E-state index is 0.0424. The number of hydrogen-bond donors (Lipinski definition) is 1. The molecular formula is C25H22N2O5. The van der Waals surface area contributed by atoms with Gasteiger partial charge in [0, 0.05) is 0 Å². The van der Waals surface area contributed by atoms with Gasteiger partial charge in [0.2, 0.25) is 0 Å². The van der Waals surface area contributed by atoms with Crippen LogP contribution in [0.1, 0.15) is 5.56 Å². The number of nitrogens with one attached hydrogen (secondary N) is 1. The molecule has 1 aliphatic rings. The number of amides is 2. The maximum atomic E-state index is 12.7. The lowest BCUT2D eigenvalue weighted by Gasteiger charge is -2.14. The average Bonchev–Trinajstić information content (AvgIpc) is 3.12. The molecule has 7 heteroatoms. The van der Waals surface area contributed by atoms with Gasteiger partial charge in [-0.3, -0.25) is 15.0 Å². The first kappa shape index (κ1) is 21.0. The summed E-state index contributed by atoms with van der Waals surface area (Å²) in [6, 6.07) is 23.6. The van der Waals surface area contributed by atoms with E-state index in [1.165, 1.54) is 18.2 Å². The van der Waals surface area contributed by atoms with Gasteiger partial charge < -0.3 is 14.2 Å². The van der Waals surface area contributed by atoms with E-state index in [1.807, 2.05) is 36.4 Å². The molecule has 0 radical (unpaired) electrons. The number of hydrazine groups is 1. The number of benzene rings is 3. The molecule has 1 N–H and O–H groups in total. The van der Waals surface area contributed by atoms with Gasteiger partial charge in [0.15, 0.2) is 11.5 Å². The molecule has 0 aliphatic carbocycles. The zero-order chi connectivity index (χ0) is 22.3. The van der Waals surface area contributed by atoms with E-state index in [4.69, 9.17) is 14.2 Å². The van der Waals surface area contributed by atoms with Gasteiger partial charge in [-0.25, -0.2) is 5.01 Å². The van der Waals surface area contributed by atoms with E-state index in [-0.39, 0.29) is 5.57 Å². The number of hydrogen-bond acceptors (Lipinski definition) is 5. The summed E-state index contributed by atoms with van der Waals surface area (Å²) in [5, 5.41) is 1.23. The molecular weight excluding hydrogens is 408 g/mol. The van der Waals surface area contributed by atoms with Crippen LogP contribution in [0.3, 0.4) is 0 Å². The van der Waals surface area contributed by atoms with Crippen LogP contribution in [-0.4, -0.2) is 32.1 Å². The summed E-state index contributed by atoms with van der Waals surface area (Å²) in [7, 11) is 1.53. The fourth-order valence-corrected chi connectivity index (χ4v) is 3.20. The second kappa shape index (κ2) is 9.70. The van der Waals surface area contributed by atoms with Crippen molar-refractivity contribution < 1.29 is 23.8 Å². The maximum Gasteiger partial charge on any atom is 0.282 e. The molecule has 0 saturated carbocycles. The Labute approximate surface area is 185 Å². The molecule has 32 heavy (non-hydrogen) atoms. The highest BCUT2D eigenvalue weighted by Gasteiger charge is 2.34. The normalized spacial score (nSPS) is 14.4. The Morgan fingerprint density at radius 2 is 1.53 bits per heavy atom. The first-order valence-electron chi connectivity index (χ1n) is 10.1. The van der Waals surface area contributed by atoms with E-state index in [1.54, 1.807) is 42.5 Å². The summed E-state index contributed by atoms with van der Waals surface area (Å²) in [6.45, 7) is 0.710. The van der Waals surface area contributed by atoms with Crippen LogP contribution in [0.25, 0.3) is 6.08 Å². The minimum Gasteiger partial charge on any atom is -0.493 e. The van der Waals surface area contributed by atoms with Crippen molar-refractivity contribution in [2.75, 3.05) is 25.3 Å². The summed E-state index contributed by atoms with van der Waals surface area (Å²) >= 11 is 0. The van der Waals surface area contributed by atoms with Crippen molar-refractivity contribution in [3.05, 3.63) is 90.0 Å². The highest BCUT2D eigenvalue weighted by Crippen LogP contribution is 2.30. The van der Waals surface area contributed by atoms with Crippen LogP contribution in [0.4, 0.5) is 5.69 Å². The Balaban J connectivity index is 1.43. The molecule has 1 fully saturated rings. The average molecular weight is 430 g/mol. The molecule has 4 rings (SSSR count). The van der Waals surface area contributed by atoms with Crippen LogP contribution in [0.2, 0.25) is 0 Å². The highest BCUT2D eigenvalue weighted by molar-refractivity contribution is 6.31. The number of ether oxygens (including phenoxy) is 3. The lowest BCUT2D eigenvalue weighted by atomic mass is 10.1. The van der Waals surface area contributed by atoms with Crippen LogP contribution in [0.5, 0.6) is 17.2 Å². The predicted octanol–water partition coefficient (Wildman–Crippen LogP) is 3.61. The number of methoxy groups -OCH3 is 1. The third-order valence-corrected chi connectivity index (χ3v) is 4.76. The Bertz CT molecular complexity index is 1130. The van der Waals surface area contributed by atoms with Crippen LogP contribution in [0, 0.1) is 0 Å². The fourth-order valence-electron chi connectivity index (χ4n) is 3.20. The predicted molar refractivity (Wildman–Crippen MR) is 120 cm³/mol. The van der Waals surface area contributed by atoms with Crippen molar-refractivity contribution in [1.82, 2.24) is 5.43 Å². The molecule has 1 saturated heterocycles. The minimum atomic E-state index is -0.462. The molecule has 0 spiro atoms. The Hall–Kier alpha value is -4.26. The van der Waals surface area contributed by atoms with Gasteiger partial charge in [-0.05, 0) is 48.0 Å². The van der Waals surface area contributed by atoms with Gasteiger partial charge in [-0.1, -0.05) is 42.5 Å². The van der Waals surface area contributed by atoms with E-state index in [2.05, 4.69) is 5.43 Å². The summed E-state index contributed by atoms with van der Waals surface area (Å²) in [5.74, 6) is 0.924. The smallest absolute Gasteiger partial charge is 0.282 e. The first-order valence-corrected chi connectivity index (χ1v) is 10.1. The van der Waals surface area contributed by atoms with Gasteiger partial charge in [0.1, 0.15) is 24.5 Å². The molecule has 1 aliphatic heterocycles. The number of anilines is 1. The lowest BCUT2D eigenvalue weighted by Crippen LogP contribution is -2.35. The van der Waals surface area contributed by atoms with Gasteiger partial charge in [-0.15, -0.1) is 0 Å². The molecule has 3 aromatic carbocycles. The van der Waals surface area contributed by atoms with E-state index in [9.17, 15) is 9.59 Å². The van der Waals surface area contributed by atoms with Crippen molar-refractivity contribution in [3.8, 4) is 17.2 Å². The summed E-state index contributed by atoms with van der Waals surface area (Å²) in [5.41, 5.74) is 3.86. The Kier molecular flexibility index (Phi) is 6.36. The lowest BCUT2D eigenvalue weighted by molar-refractivity contribution is -0.117. The summed E-state index contributed by atoms with van der Waals surface area (Å²) in [6.07, 6.45) is 1.53. The molecule has 3 aromatic rings. The molecule has 0 aromatic heterocycles. The monoisotopic (exact) mass is 430 g/mol. The van der Waals surface area contributed by atoms with Gasteiger partial charge in [-0.2, -0.15) is 0 Å². The number of carbonyl (C=O) groups excluding carboxylic acids is 2. The van der Waals surface area contributed by atoms with E-state index >= 15 is 0 Å². The number of nitrogens with zero attached hydrogens (tertiary/aromatic N) is 1. The number of rotatable bonds is 8. The third-order valence-electron chi connectivity index (χ3n) is 4.76. The molecule has 1 heterocycles. The quantitative estimate of drug-likeness (QED) is 0.336. The molecule has 7 nitrogen and oxygen atoms in total. The Morgan fingerprint density at radius 3 is 2.25 bits per heavy atom. The fraction of sp³-hybridized carbons (Fsp3) is 0.120. The topological polar surface area (TPSA) is 77.1 Å². The van der Waals surface area contributed by atoms with E-state index in [0.29, 0.717) is 36.0 Å². The van der Waals surface area contributed by atoms with Crippen molar-refractivity contribution in [2.45, 2.75) is 0 Å². The van der Waals surface area contributed by atoms with E-state index < -0.39 is 11.8 Å². The molecule has 162 valence electrons. The van der Waals surface area contributed by atoms with Crippen molar-refractivity contribution in [3.63, 3.8) is 0 Å². The summed E-state index contributed by atoms with van der Waals surface area (Å²) in [4.78, 5) is 25.1. The molecule has 0 bridgehead atoms. The van der Waals surface area contributed by atoms with Crippen molar-refractivity contribution >= 4 is 23.6 Å². The van der Waals surface area contributed by atoms with Gasteiger partial charge >= 0.3 is 0 Å². The molecule has 0 unspecified atom stereocenters. The summed E-state index contributed by atoms with van der Waals surface area (Å²) < 4.78 is 16.8. The first-order chi connectivity index (χ1) is 15.7. The van der Waals surface area contributed by atoms with Crippen molar-refractivity contribution in [2.24, 2.45) is 0 Å². The van der Waals surface area contributed by atoms with Crippen LogP contribution >= 0.6 is 0 Å². The zero-order valence-corrected chi connectivity index (χ0v) is 17.5. The second-order valence-electron chi connectivity index (χ2n) is 6.90. The van der Waals surface area contributed by atoms with E-state index in [0.717, 1.165) is 5.75 Å². The van der Waals surface area contributed by atoms with Crippen molar-refractivity contribution in [1.29, 1.82) is 0 Å². The Morgan fingerprint density at radius 1 is 0.844 bits per heavy atom. The third kappa shape index (κ3) is 4.73. The second-order valence-corrected chi connectivity index (χ2v) is 6.90. The van der Waals surface area contributed by atoms with Crippen LogP contribution in [-0.2, 0) is 9.59 Å². The standard InChI is InChI=1S/C25H22N2O5/c1-30-23-17-18(12-13-22(23)32-15-14-31-20-10-6-3-7-11-20)16-21-24(28)26-27(25(21)29)19-8-4-2-5-9-19/h2-13,16-17H,14-15H2,1H3,(H,26,28)/b21-16-. The zero-order valence-electron chi connectivity index (χ0n) is 17.5. The number of para-hydroxylation sites is 2. The van der Waals surface area contributed by atoms with Crippen LogP contribution < -0.4 is 24.6 Å². The van der Waals surface area contributed by atoms with Gasteiger partial charge in [0.05, 0.1) is 12.8 Å². The largest absolute Gasteiger partial charge is 0.493 e. The SMILES string of the molecule is COc1cc(/C=C2/C(=O)NN(c3ccccc3)C2=O)ccc1OCCOc1ccccc1. The number of carbonyl (C=O) groups is 2. The molecule has 0 atom stereocenters. The maximum absolute atomic E-state index is 12.7.